The fourth-order valence-electron chi connectivity index (χ4n) is 8.49. The Balaban J connectivity index is 3.93. The highest BCUT2D eigenvalue weighted by molar-refractivity contribution is 4.63. The van der Waals surface area contributed by atoms with Crippen LogP contribution in [-0.4, -0.2) is 0 Å². The van der Waals surface area contributed by atoms with Gasteiger partial charge in [-0.2, -0.15) is 0 Å². The van der Waals surface area contributed by atoms with E-state index >= 15 is 0 Å². The molecule has 0 heterocycles. The van der Waals surface area contributed by atoms with Crippen LogP contribution in [0.5, 0.6) is 0 Å². The largest absolute Gasteiger partial charge is 0.0654 e. The predicted molar refractivity (Wildman–Crippen MR) is 233 cm³/mol. The molecule has 50 heavy (non-hydrogen) atoms. The van der Waals surface area contributed by atoms with Gasteiger partial charge in [0, 0.05) is 0 Å². The van der Waals surface area contributed by atoms with E-state index in [1.54, 1.807) is 0 Å². The Morgan fingerprint density at radius 3 is 0.420 bits per heavy atom. The molecule has 0 bridgehead atoms. The van der Waals surface area contributed by atoms with Crippen molar-refractivity contribution in [2.24, 2.45) is 5.92 Å². The van der Waals surface area contributed by atoms with Crippen LogP contribution in [0.1, 0.15) is 316 Å². The Hall–Kier alpha value is 0. The van der Waals surface area contributed by atoms with E-state index in [1.165, 1.54) is 295 Å². The fourth-order valence-corrected chi connectivity index (χ4v) is 8.49. The first-order chi connectivity index (χ1) is 24.8. The van der Waals surface area contributed by atoms with Gasteiger partial charge in [-0.3, -0.25) is 0 Å². The van der Waals surface area contributed by atoms with E-state index in [0.29, 0.717) is 0 Å². The Morgan fingerprint density at radius 1 is 0.160 bits per heavy atom. The van der Waals surface area contributed by atoms with Crippen LogP contribution in [0.3, 0.4) is 0 Å². The lowest BCUT2D eigenvalue weighted by Gasteiger charge is -2.17. The lowest BCUT2D eigenvalue weighted by atomic mass is 9.89. The van der Waals surface area contributed by atoms with Gasteiger partial charge in [0.05, 0.1) is 0 Å². The number of hydrogen-bond donors (Lipinski definition) is 0. The van der Waals surface area contributed by atoms with Crippen LogP contribution >= 0.6 is 0 Å². The molecule has 0 saturated carbocycles. The second-order valence-corrected chi connectivity index (χ2v) is 17.4. The molecule has 0 fully saturated rings. The molecule has 0 aliphatic rings. The molecule has 0 radical (unpaired) electrons. The normalized spacial score (nSPS) is 11.8. The monoisotopic (exact) mass is 703 g/mol. The van der Waals surface area contributed by atoms with Crippen molar-refractivity contribution >= 4 is 0 Å². The second kappa shape index (κ2) is 47.0. The summed E-state index contributed by atoms with van der Waals surface area (Å²) in [6.45, 7) is 6.96. The van der Waals surface area contributed by atoms with Crippen LogP contribution in [-0.2, 0) is 0 Å². The van der Waals surface area contributed by atoms with E-state index in [9.17, 15) is 0 Å². The van der Waals surface area contributed by atoms with Crippen LogP contribution in [0, 0.1) is 5.92 Å². The highest BCUT2D eigenvalue weighted by Crippen LogP contribution is 2.25. The molecule has 0 atom stereocenters. The molecule has 0 aromatic carbocycles. The smallest absolute Gasteiger partial charge is 0.0414 e. The molecule has 0 nitrogen and oxygen atoms in total. The number of hydrogen-bond acceptors (Lipinski definition) is 0. The fraction of sp³-hybridized carbons (Fsp3) is 1.00. The number of unbranched alkanes of at least 4 members (excludes halogenated alkanes) is 40. The van der Waals surface area contributed by atoms with Gasteiger partial charge < -0.3 is 0 Å². The molecule has 0 rings (SSSR count). The van der Waals surface area contributed by atoms with Gasteiger partial charge in [-0.05, 0) is 5.92 Å². The molecule has 0 N–H and O–H groups in total. The summed E-state index contributed by atoms with van der Waals surface area (Å²) in [5.74, 6) is 1.03. The standard InChI is InChI=1S/C50H102/c1-4-7-10-13-16-19-22-25-28-31-34-37-40-43-46-49-50(47-44-41-38-35-32-29-26-23-20-17-14-11-8-5-2)48-45-42-39-36-33-30-27-24-21-18-15-12-9-6-3/h50H,4-49H2,1-3H3. The molecule has 0 unspecified atom stereocenters. The van der Waals surface area contributed by atoms with E-state index < -0.39 is 0 Å². The average Bonchev–Trinajstić information content (AvgIpc) is 3.13. The topological polar surface area (TPSA) is 0 Å². The van der Waals surface area contributed by atoms with Gasteiger partial charge in [-0.15, -0.1) is 0 Å². The van der Waals surface area contributed by atoms with E-state index in [2.05, 4.69) is 20.8 Å². The van der Waals surface area contributed by atoms with Crippen molar-refractivity contribution in [3.05, 3.63) is 0 Å². The maximum atomic E-state index is 2.32. The first-order valence-electron chi connectivity index (χ1n) is 24.8. The highest BCUT2D eigenvalue weighted by Gasteiger charge is 2.09. The predicted octanol–water partition coefficient (Wildman–Crippen LogP) is 19.6. The van der Waals surface area contributed by atoms with E-state index in [0.717, 1.165) is 5.92 Å². The molecular formula is C50H102. The maximum Gasteiger partial charge on any atom is -0.0414 e. The third-order valence-electron chi connectivity index (χ3n) is 12.1. The SMILES string of the molecule is CCCCCCCCCCCCCCCCCC(CCCCCCCCCCCCCCCC)CCCCCCCCCCCCCCCC. The third kappa shape index (κ3) is 44.2. The zero-order chi connectivity index (χ0) is 36.1. The zero-order valence-corrected chi connectivity index (χ0v) is 36.1. The highest BCUT2D eigenvalue weighted by atomic mass is 14.1. The van der Waals surface area contributed by atoms with Gasteiger partial charge in [-0.25, -0.2) is 0 Å². The first kappa shape index (κ1) is 50.0. The molecule has 0 saturated heterocycles. The van der Waals surface area contributed by atoms with Crippen molar-refractivity contribution in [1.29, 1.82) is 0 Å². The molecule has 0 heteroatoms. The Labute approximate surface area is 321 Å². The van der Waals surface area contributed by atoms with Crippen molar-refractivity contribution in [2.45, 2.75) is 316 Å². The molecular weight excluding hydrogens is 601 g/mol. The summed E-state index contributed by atoms with van der Waals surface area (Å²) in [7, 11) is 0. The van der Waals surface area contributed by atoms with Crippen molar-refractivity contribution in [3.63, 3.8) is 0 Å². The third-order valence-corrected chi connectivity index (χ3v) is 12.1. The summed E-state index contributed by atoms with van der Waals surface area (Å²) in [5.41, 5.74) is 0. The summed E-state index contributed by atoms with van der Waals surface area (Å²) in [6, 6.07) is 0. The van der Waals surface area contributed by atoms with E-state index in [-0.39, 0.29) is 0 Å². The van der Waals surface area contributed by atoms with Crippen molar-refractivity contribution in [3.8, 4) is 0 Å². The minimum atomic E-state index is 1.03. The van der Waals surface area contributed by atoms with Crippen molar-refractivity contribution < 1.29 is 0 Å². The lowest BCUT2D eigenvalue weighted by Crippen LogP contribution is -2.01. The van der Waals surface area contributed by atoms with Crippen molar-refractivity contribution in [1.82, 2.24) is 0 Å². The van der Waals surface area contributed by atoms with E-state index in [4.69, 9.17) is 0 Å². The van der Waals surface area contributed by atoms with Crippen LogP contribution in [0.25, 0.3) is 0 Å². The quantitative estimate of drug-likeness (QED) is 0.0554. The van der Waals surface area contributed by atoms with Crippen LogP contribution in [0.2, 0.25) is 0 Å². The van der Waals surface area contributed by atoms with Crippen molar-refractivity contribution in [2.75, 3.05) is 0 Å². The van der Waals surface area contributed by atoms with Gasteiger partial charge in [0.25, 0.3) is 0 Å². The minimum absolute atomic E-state index is 1.03. The Bertz CT molecular complexity index is 518. The van der Waals surface area contributed by atoms with Crippen LogP contribution in [0.15, 0.2) is 0 Å². The summed E-state index contributed by atoms with van der Waals surface area (Å²) in [6.07, 6.45) is 68.3. The zero-order valence-electron chi connectivity index (χ0n) is 36.1. The summed E-state index contributed by atoms with van der Waals surface area (Å²) in [4.78, 5) is 0. The first-order valence-corrected chi connectivity index (χ1v) is 24.8. The van der Waals surface area contributed by atoms with Gasteiger partial charge in [-0.1, -0.05) is 316 Å². The van der Waals surface area contributed by atoms with Gasteiger partial charge in [0.2, 0.25) is 0 Å². The lowest BCUT2D eigenvalue weighted by molar-refractivity contribution is 0.365. The molecule has 0 spiro atoms. The number of rotatable bonds is 46. The Kier molecular flexibility index (Phi) is 47.0. The average molecular weight is 703 g/mol. The summed E-state index contributed by atoms with van der Waals surface area (Å²) >= 11 is 0. The van der Waals surface area contributed by atoms with Gasteiger partial charge in [0.15, 0.2) is 0 Å². The molecule has 0 aromatic heterocycles. The second-order valence-electron chi connectivity index (χ2n) is 17.4. The summed E-state index contributed by atoms with van der Waals surface area (Å²) < 4.78 is 0. The molecule has 0 amide bonds. The maximum absolute atomic E-state index is 2.32. The molecule has 0 aliphatic heterocycles. The van der Waals surface area contributed by atoms with E-state index in [1.807, 2.05) is 0 Å². The molecule has 302 valence electrons. The molecule has 0 aromatic rings. The summed E-state index contributed by atoms with van der Waals surface area (Å²) in [5, 5.41) is 0. The Morgan fingerprint density at radius 2 is 0.280 bits per heavy atom. The van der Waals surface area contributed by atoms with Crippen LogP contribution < -0.4 is 0 Å². The molecule has 0 aliphatic carbocycles. The van der Waals surface area contributed by atoms with Gasteiger partial charge in [0.1, 0.15) is 0 Å². The van der Waals surface area contributed by atoms with Crippen LogP contribution in [0.4, 0.5) is 0 Å². The minimum Gasteiger partial charge on any atom is -0.0654 e. The van der Waals surface area contributed by atoms with Gasteiger partial charge >= 0.3 is 0 Å².